The molecule has 0 N–H and O–H groups in total. The van der Waals surface area contributed by atoms with Crippen LogP contribution in [0, 0.1) is 0 Å². The summed E-state index contributed by atoms with van der Waals surface area (Å²) in [6.45, 7) is 2.01. The molecule has 0 spiro atoms. The number of amides is 2. The van der Waals surface area contributed by atoms with Crippen LogP contribution in [0.2, 0.25) is 15.1 Å². The fraction of sp³-hybridized carbons (Fsp3) is 0.120. The highest BCUT2D eigenvalue weighted by molar-refractivity contribution is 8.18. The molecule has 0 bridgehead atoms. The van der Waals surface area contributed by atoms with Crippen LogP contribution in [0.3, 0.4) is 0 Å². The first-order valence-corrected chi connectivity index (χ1v) is 14.1. The molecule has 0 saturated carbocycles. The number of rotatable bonds is 8. The summed E-state index contributed by atoms with van der Waals surface area (Å²) in [7, 11) is -4.15. The first-order chi connectivity index (χ1) is 17.6. The molecule has 1 aliphatic rings. The number of thioether (sulfide) groups is 1. The van der Waals surface area contributed by atoms with E-state index in [0.29, 0.717) is 26.2 Å². The van der Waals surface area contributed by atoms with Crippen molar-refractivity contribution in [2.45, 2.75) is 18.4 Å². The van der Waals surface area contributed by atoms with Crippen molar-refractivity contribution >= 4 is 73.9 Å². The zero-order valence-electron chi connectivity index (χ0n) is 19.1. The van der Waals surface area contributed by atoms with Crippen LogP contribution in [0.25, 0.3) is 6.08 Å². The molecule has 192 valence electrons. The fourth-order valence-corrected chi connectivity index (χ4v) is 5.55. The van der Waals surface area contributed by atoms with Gasteiger partial charge in [-0.1, -0.05) is 46.9 Å². The Morgan fingerprint density at radius 2 is 1.65 bits per heavy atom. The van der Waals surface area contributed by atoms with Crippen LogP contribution >= 0.6 is 46.6 Å². The van der Waals surface area contributed by atoms with E-state index in [1.54, 1.807) is 31.2 Å². The summed E-state index contributed by atoms with van der Waals surface area (Å²) < 4.78 is 36.3. The molecule has 1 fully saturated rings. The molecule has 1 aliphatic heterocycles. The quantitative estimate of drug-likeness (QED) is 0.203. The molecule has 0 unspecified atom stereocenters. The number of ether oxygens (including phenoxy) is 1. The number of halogens is 3. The maximum absolute atomic E-state index is 12.9. The van der Waals surface area contributed by atoms with Gasteiger partial charge in [0.05, 0.1) is 28.1 Å². The Morgan fingerprint density at radius 3 is 2.32 bits per heavy atom. The Kier molecular flexibility index (Phi) is 8.40. The second-order valence-electron chi connectivity index (χ2n) is 7.65. The molecular weight excluding hydrogens is 581 g/mol. The number of hydrogen-bond acceptors (Lipinski definition) is 7. The summed E-state index contributed by atoms with van der Waals surface area (Å²) in [6.07, 6.45) is 1.53. The van der Waals surface area contributed by atoms with E-state index >= 15 is 0 Å². The van der Waals surface area contributed by atoms with Gasteiger partial charge >= 0.3 is 10.1 Å². The predicted octanol–water partition coefficient (Wildman–Crippen LogP) is 7.05. The molecule has 3 aromatic carbocycles. The zero-order valence-corrected chi connectivity index (χ0v) is 23.0. The Labute approximate surface area is 233 Å². The lowest BCUT2D eigenvalue weighted by Gasteiger charge is -2.13. The summed E-state index contributed by atoms with van der Waals surface area (Å²) in [5.74, 6) is -0.338. The third-order valence-electron chi connectivity index (χ3n) is 5.07. The van der Waals surface area contributed by atoms with Crippen molar-refractivity contribution in [3.63, 3.8) is 0 Å². The van der Waals surface area contributed by atoms with Gasteiger partial charge in [-0.2, -0.15) is 8.42 Å². The smallest absolute Gasteiger partial charge is 0.339 e. The van der Waals surface area contributed by atoms with E-state index in [1.165, 1.54) is 42.5 Å². The lowest BCUT2D eigenvalue weighted by molar-refractivity contribution is -0.123. The number of imide groups is 1. The van der Waals surface area contributed by atoms with Crippen molar-refractivity contribution in [2.75, 3.05) is 6.61 Å². The maximum atomic E-state index is 12.9. The van der Waals surface area contributed by atoms with Crippen LogP contribution in [-0.2, 0) is 21.5 Å². The van der Waals surface area contributed by atoms with Gasteiger partial charge in [-0.25, -0.2) is 0 Å². The molecule has 3 aromatic rings. The molecule has 37 heavy (non-hydrogen) atoms. The van der Waals surface area contributed by atoms with Gasteiger partial charge in [0, 0.05) is 5.02 Å². The highest BCUT2D eigenvalue weighted by atomic mass is 35.5. The Hall–Kier alpha value is -2.69. The van der Waals surface area contributed by atoms with Crippen LogP contribution in [0.1, 0.15) is 18.1 Å². The molecule has 12 heteroatoms. The standard InChI is InChI=1S/C25H18Cl3NO6S2/c1-2-34-22-12-15(4-10-21(22)35-37(32,33)18-7-5-17(26)6-8-18)13-23-24(30)29(25(31)36-23)14-16-3-9-19(27)20(28)11-16/h3-13H,2,14H2,1H3/b23-13-. The number of carbonyl (C=O) groups is 2. The molecule has 0 aliphatic carbocycles. The van der Waals surface area contributed by atoms with E-state index in [-0.39, 0.29) is 34.5 Å². The molecule has 4 rings (SSSR count). The van der Waals surface area contributed by atoms with Crippen LogP contribution in [0.4, 0.5) is 4.79 Å². The van der Waals surface area contributed by atoms with Gasteiger partial charge in [-0.3, -0.25) is 14.5 Å². The second kappa shape index (κ2) is 11.4. The first-order valence-electron chi connectivity index (χ1n) is 10.7. The number of hydrogen-bond donors (Lipinski definition) is 0. The number of benzene rings is 3. The first kappa shape index (κ1) is 27.3. The minimum Gasteiger partial charge on any atom is -0.490 e. The van der Waals surface area contributed by atoms with Crippen molar-refractivity contribution in [1.29, 1.82) is 0 Å². The SMILES string of the molecule is CCOc1cc(/C=C2\SC(=O)N(Cc3ccc(Cl)c(Cl)c3)C2=O)ccc1OS(=O)(=O)c1ccc(Cl)cc1. The van der Waals surface area contributed by atoms with E-state index in [0.717, 1.165) is 16.7 Å². The van der Waals surface area contributed by atoms with E-state index in [4.69, 9.17) is 43.7 Å². The monoisotopic (exact) mass is 597 g/mol. The zero-order chi connectivity index (χ0) is 26.7. The van der Waals surface area contributed by atoms with Gasteiger partial charge in [-0.15, -0.1) is 0 Å². The van der Waals surface area contributed by atoms with Gasteiger partial charge < -0.3 is 8.92 Å². The van der Waals surface area contributed by atoms with Crippen molar-refractivity contribution in [1.82, 2.24) is 4.90 Å². The van der Waals surface area contributed by atoms with Crippen molar-refractivity contribution in [3.05, 3.63) is 91.8 Å². The highest BCUT2D eigenvalue weighted by Gasteiger charge is 2.35. The molecule has 1 heterocycles. The second-order valence-corrected chi connectivity index (χ2v) is 11.4. The summed E-state index contributed by atoms with van der Waals surface area (Å²) in [4.78, 5) is 26.7. The van der Waals surface area contributed by atoms with Gasteiger partial charge in [-0.05, 0) is 84.4 Å². The minimum absolute atomic E-state index is 0.0262. The number of carbonyl (C=O) groups excluding carboxylic acids is 2. The van der Waals surface area contributed by atoms with E-state index in [2.05, 4.69) is 0 Å². The summed E-state index contributed by atoms with van der Waals surface area (Å²) in [5.41, 5.74) is 1.17. The van der Waals surface area contributed by atoms with Crippen LogP contribution in [-0.4, -0.2) is 31.1 Å². The third kappa shape index (κ3) is 6.42. The van der Waals surface area contributed by atoms with Crippen LogP contribution < -0.4 is 8.92 Å². The minimum atomic E-state index is -4.15. The lowest BCUT2D eigenvalue weighted by atomic mass is 10.1. The molecule has 2 amide bonds. The Bertz CT molecular complexity index is 1510. The van der Waals surface area contributed by atoms with Crippen LogP contribution in [0.5, 0.6) is 11.5 Å². The fourth-order valence-electron chi connectivity index (χ4n) is 3.33. The third-order valence-corrected chi connectivity index (χ3v) is 8.21. The average molecular weight is 599 g/mol. The molecule has 0 aromatic heterocycles. The van der Waals surface area contributed by atoms with E-state index < -0.39 is 21.3 Å². The van der Waals surface area contributed by atoms with Gasteiger partial charge in [0.15, 0.2) is 11.5 Å². The summed E-state index contributed by atoms with van der Waals surface area (Å²) >= 11 is 18.6. The highest BCUT2D eigenvalue weighted by Crippen LogP contribution is 2.36. The normalized spacial score (nSPS) is 14.9. The molecular formula is C25H18Cl3NO6S2. The van der Waals surface area contributed by atoms with Gasteiger partial charge in [0.1, 0.15) is 4.90 Å². The predicted molar refractivity (Wildman–Crippen MR) is 145 cm³/mol. The molecule has 0 atom stereocenters. The molecule has 0 radical (unpaired) electrons. The van der Waals surface area contributed by atoms with Crippen molar-refractivity contribution in [2.24, 2.45) is 0 Å². The van der Waals surface area contributed by atoms with Gasteiger partial charge in [0.25, 0.3) is 11.1 Å². The topological polar surface area (TPSA) is 90.0 Å². The maximum Gasteiger partial charge on any atom is 0.339 e. The van der Waals surface area contributed by atoms with E-state index in [1.807, 2.05) is 0 Å². The molecule has 1 saturated heterocycles. The summed E-state index contributed by atoms with van der Waals surface area (Å²) in [5, 5.41) is 0.657. The number of nitrogens with zero attached hydrogens (tertiary/aromatic N) is 1. The largest absolute Gasteiger partial charge is 0.490 e. The Morgan fingerprint density at radius 1 is 0.919 bits per heavy atom. The van der Waals surface area contributed by atoms with E-state index in [9.17, 15) is 18.0 Å². The van der Waals surface area contributed by atoms with Crippen molar-refractivity contribution < 1.29 is 26.9 Å². The molecule has 7 nitrogen and oxygen atoms in total. The lowest BCUT2D eigenvalue weighted by Crippen LogP contribution is -2.27. The van der Waals surface area contributed by atoms with Crippen molar-refractivity contribution in [3.8, 4) is 11.5 Å². The summed E-state index contributed by atoms with van der Waals surface area (Å²) in [6, 6.07) is 14.9. The Balaban J connectivity index is 1.56. The average Bonchev–Trinajstić information content (AvgIpc) is 3.10. The van der Waals surface area contributed by atoms with Crippen LogP contribution in [0.15, 0.2) is 70.5 Å². The van der Waals surface area contributed by atoms with Gasteiger partial charge in [0.2, 0.25) is 0 Å².